The van der Waals surface area contributed by atoms with Gasteiger partial charge < -0.3 is 10.2 Å². The minimum atomic E-state index is -0.931. The molecule has 5 rings (SSSR count). The van der Waals surface area contributed by atoms with Crippen LogP contribution in [0.3, 0.4) is 0 Å². The van der Waals surface area contributed by atoms with Crippen LogP contribution < -0.4 is 0 Å². The van der Waals surface area contributed by atoms with E-state index in [1.165, 1.54) is 4.88 Å². The molecule has 0 unspecified atom stereocenters. The first-order valence-electron chi connectivity index (χ1n) is 11.7. The Morgan fingerprint density at radius 3 is 2.53 bits per heavy atom. The van der Waals surface area contributed by atoms with Crippen molar-refractivity contribution in [2.24, 2.45) is 4.99 Å². The first-order valence-corrected chi connectivity index (χ1v) is 12.5. The quantitative estimate of drug-likeness (QED) is 0.352. The molecule has 4 aromatic rings. The van der Waals surface area contributed by atoms with Gasteiger partial charge in [0.1, 0.15) is 16.9 Å². The summed E-state index contributed by atoms with van der Waals surface area (Å²) in [6.45, 7) is 6.06. The number of aliphatic carboxylic acids is 1. The van der Waals surface area contributed by atoms with Crippen LogP contribution in [0.5, 0.6) is 0 Å². The predicted molar refractivity (Wildman–Crippen MR) is 142 cm³/mol. The second-order valence-corrected chi connectivity index (χ2v) is 10.1. The number of carbonyl (C=O) groups is 1. The van der Waals surface area contributed by atoms with Crippen LogP contribution in [0.4, 0.5) is 0 Å². The number of nitrogens with zero attached hydrogens (tertiary/aromatic N) is 4. The molecule has 0 saturated carbocycles. The van der Waals surface area contributed by atoms with Gasteiger partial charge in [0.05, 0.1) is 18.7 Å². The Labute approximate surface area is 213 Å². The zero-order valence-corrected chi connectivity index (χ0v) is 21.1. The third-order valence-electron chi connectivity index (χ3n) is 6.39. The van der Waals surface area contributed by atoms with Crippen LogP contribution in [-0.2, 0) is 11.4 Å². The molecule has 8 heteroatoms. The molecular weight excluding hydrogens is 472 g/mol. The molecule has 3 heterocycles. The number of aliphatic imine (C=N–C) groups is 1. The largest absolute Gasteiger partial charge is 0.481 e. The molecule has 0 radical (unpaired) electrons. The number of carboxylic acids is 1. The molecule has 1 atom stereocenters. The monoisotopic (exact) mass is 498 g/mol. The lowest BCUT2D eigenvalue weighted by Crippen LogP contribution is -2.10. The van der Waals surface area contributed by atoms with Crippen molar-refractivity contribution in [3.8, 4) is 5.00 Å². The third kappa shape index (κ3) is 4.41. The van der Waals surface area contributed by atoms with E-state index >= 15 is 0 Å². The van der Waals surface area contributed by atoms with E-state index in [9.17, 15) is 15.0 Å². The van der Waals surface area contributed by atoms with Crippen molar-refractivity contribution < 1.29 is 15.0 Å². The maximum Gasteiger partial charge on any atom is 0.306 e. The molecule has 0 fully saturated rings. The van der Waals surface area contributed by atoms with E-state index in [0.29, 0.717) is 11.6 Å². The average Bonchev–Trinajstić information content (AvgIpc) is 3.35. The molecule has 2 aromatic heterocycles. The highest BCUT2D eigenvalue weighted by molar-refractivity contribution is 7.15. The van der Waals surface area contributed by atoms with E-state index in [1.807, 2.05) is 72.2 Å². The van der Waals surface area contributed by atoms with Crippen molar-refractivity contribution in [2.75, 3.05) is 0 Å². The van der Waals surface area contributed by atoms with E-state index in [4.69, 9.17) is 4.99 Å². The Morgan fingerprint density at radius 1 is 1.06 bits per heavy atom. The molecule has 0 bridgehead atoms. The molecule has 1 aliphatic rings. The molecule has 0 spiro atoms. The van der Waals surface area contributed by atoms with Crippen molar-refractivity contribution in [2.45, 2.75) is 39.8 Å². The summed E-state index contributed by atoms with van der Waals surface area (Å²) in [4.78, 5) is 17.9. The Hall–Kier alpha value is -3.88. The van der Waals surface area contributed by atoms with Crippen LogP contribution in [0, 0.1) is 20.8 Å². The van der Waals surface area contributed by atoms with Crippen molar-refractivity contribution in [1.29, 1.82) is 0 Å². The first-order chi connectivity index (χ1) is 17.4. The summed E-state index contributed by atoms with van der Waals surface area (Å²) < 4.78 is 1.96. The summed E-state index contributed by atoms with van der Waals surface area (Å²) >= 11 is 1.65. The molecule has 1 aliphatic heterocycles. The van der Waals surface area contributed by atoms with Gasteiger partial charge in [-0.05, 0) is 49.1 Å². The smallest absolute Gasteiger partial charge is 0.306 e. The molecular formula is C28H26N4O3S. The molecule has 0 amide bonds. The summed E-state index contributed by atoms with van der Waals surface area (Å²) in [6.07, 6.45) is 3.88. The predicted octanol–water partition coefficient (Wildman–Crippen LogP) is 5.28. The average molecular weight is 499 g/mol. The van der Waals surface area contributed by atoms with Gasteiger partial charge in [0.25, 0.3) is 0 Å². The van der Waals surface area contributed by atoms with Gasteiger partial charge in [0.15, 0.2) is 5.82 Å². The van der Waals surface area contributed by atoms with Crippen LogP contribution in [0.25, 0.3) is 17.2 Å². The molecule has 182 valence electrons. The number of thiophene rings is 1. The number of aryl methyl sites for hydroxylation is 2. The fraction of sp³-hybridized carbons (Fsp3) is 0.214. The molecule has 7 nitrogen and oxygen atoms in total. The van der Waals surface area contributed by atoms with Gasteiger partial charge in [-0.2, -0.15) is 0 Å². The number of aliphatic hydroxyl groups is 1. The number of rotatable bonds is 6. The van der Waals surface area contributed by atoms with Crippen molar-refractivity contribution in [3.05, 3.63) is 98.4 Å². The number of aliphatic hydroxyl groups excluding tert-OH is 1. The molecule has 2 N–H and O–H groups in total. The first kappa shape index (κ1) is 23.8. The maximum atomic E-state index is 11.7. The van der Waals surface area contributed by atoms with Gasteiger partial charge in [0, 0.05) is 16.0 Å². The minimum Gasteiger partial charge on any atom is -0.481 e. The van der Waals surface area contributed by atoms with Crippen LogP contribution in [0.2, 0.25) is 0 Å². The highest BCUT2D eigenvalue weighted by atomic mass is 32.1. The molecule has 2 aromatic carbocycles. The van der Waals surface area contributed by atoms with Gasteiger partial charge in [-0.1, -0.05) is 54.6 Å². The number of hydrogen-bond donors (Lipinski definition) is 2. The summed E-state index contributed by atoms with van der Waals surface area (Å²) in [5, 5.41) is 28.5. The van der Waals surface area contributed by atoms with Gasteiger partial charge in [0.2, 0.25) is 0 Å². The Bertz CT molecular complexity index is 1510. The third-order valence-corrected chi connectivity index (χ3v) is 7.59. The van der Waals surface area contributed by atoms with Crippen molar-refractivity contribution in [3.63, 3.8) is 0 Å². The number of carboxylic acid groups (broad SMARTS) is 1. The van der Waals surface area contributed by atoms with Gasteiger partial charge in [-0.3, -0.25) is 14.4 Å². The van der Waals surface area contributed by atoms with E-state index < -0.39 is 12.0 Å². The molecule has 36 heavy (non-hydrogen) atoms. The van der Waals surface area contributed by atoms with Crippen molar-refractivity contribution in [1.82, 2.24) is 14.8 Å². The summed E-state index contributed by atoms with van der Waals surface area (Å²) in [5.41, 5.74) is 6.73. The van der Waals surface area contributed by atoms with Gasteiger partial charge in [-0.25, -0.2) is 0 Å². The van der Waals surface area contributed by atoms with Crippen LogP contribution in [0.15, 0.2) is 53.5 Å². The Kier molecular flexibility index (Phi) is 6.38. The maximum absolute atomic E-state index is 11.7. The van der Waals surface area contributed by atoms with Gasteiger partial charge >= 0.3 is 5.97 Å². The lowest BCUT2D eigenvalue weighted by Gasteiger charge is -2.11. The Morgan fingerprint density at radius 2 is 1.81 bits per heavy atom. The second kappa shape index (κ2) is 9.64. The summed E-state index contributed by atoms with van der Waals surface area (Å²) in [6, 6.07) is 15.2. The number of hydrogen-bond acceptors (Lipinski definition) is 6. The SMILES string of the molecule is Cc1sc2c(c1C)C(c1ccc(C=Cc3cccc(CO)c3)cc1)=N[C@@H](CC(=O)O)c1nnc(C)n1-2. The highest BCUT2D eigenvalue weighted by Gasteiger charge is 2.32. The summed E-state index contributed by atoms with van der Waals surface area (Å²) in [7, 11) is 0. The van der Waals surface area contributed by atoms with Crippen molar-refractivity contribution >= 4 is 35.2 Å². The number of aromatic nitrogens is 3. The van der Waals surface area contributed by atoms with E-state index in [0.717, 1.165) is 44.1 Å². The molecule has 0 aliphatic carbocycles. The van der Waals surface area contributed by atoms with Gasteiger partial charge in [-0.15, -0.1) is 21.5 Å². The zero-order chi connectivity index (χ0) is 25.4. The van der Waals surface area contributed by atoms with E-state index in [2.05, 4.69) is 24.0 Å². The molecule has 0 saturated heterocycles. The Balaban J connectivity index is 1.56. The second-order valence-electron chi connectivity index (χ2n) is 8.85. The lowest BCUT2D eigenvalue weighted by molar-refractivity contribution is -0.137. The topological polar surface area (TPSA) is 101 Å². The van der Waals surface area contributed by atoms with Crippen LogP contribution in [0.1, 0.15) is 62.4 Å². The number of fused-ring (bicyclic) bond motifs is 3. The fourth-order valence-electron chi connectivity index (χ4n) is 4.43. The lowest BCUT2D eigenvalue weighted by atomic mass is 9.98. The zero-order valence-electron chi connectivity index (χ0n) is 20.3. The number of benzene rings is 2. The summed E-state index contributed by atoms with van der Waals surface area (Å²) in [5.74, 6) is 0.335. The highest BCUT2D eigenvalue weighted by Crippen LogP contribution is 2.39. The van der Waals surface area contributed by atoms with E-state index in [-0.39, 0.29) is 13.0 Å². The fourth-order valence-corrected chi connectivity index (χ4v) is 5.64. The normalized spacial score (nSPS) is 14.9. The van der Waals surface area contributed by atoms with E-state index in [1.54, 1.807) is 11.3 Å². The van der Waals surface area contributed by atoms with Crippen LogP contribution >= 0.6 is 11.3 Å². The van der Waals surface area contributed by atoms with Crippen LogP contribution in [-0.4, -0.2) is 36.7 Å². The standard InChI is InChI=1S/C28H26N4O3S/c1-16-17(2)36-28-25(16)26(29-23(14-24(34)35)27-31-30-18(3)32(27)28)22-11-9-19(10-12-22)7-8-20-5-4-6-21(13-20)15-33/h4-13,23,33H,14-15H2,1-3H3,(H,34,35)/t23-/m0/s1. The minimum absolute atomic E-state index is 0.0139.